The maximum absolute atomic E-state index is 6.19. The van der Waals surface area contributed by atoms with Crippen molar-refractivity contribution in [1.82, 2.24) is 5.32 Å². The van der Waals surface area contributed by atoms with Crippen LogP contribution in [-0.4, -0.2) is 46.7 Å². The lowest BCUT2D eigenvalue weighted by Gasteiger charge is -2.20. The number of fused-ring (bicyclic) bond motifs is 1. The van der Waals surface area contributed by atoms with E-state index in [2.05, 4.69) is 5.32 Å². The van der Waals surface area contributed by atoms with Gasteiger partial charge in [0.1, 0.15) is 13.2 Å². The quantitative estimate of drug-likeness (QED) is 0.833. The molecule has 0 fully saturated rings. The normalized spacial score (nSPS) is 15.2. The van der Waals surface area contributed by atoms with E-state index in [-0.39, 0.29) is 6.10 Å². The lowest BCUT2D eigenvalue weighted by atomic mass is 10.2. The van der Waals surface area contributed by atoms with Gasteiger partial charge in [-0.25, -0.2) is 0 Å². The second kappa shape index (κ2) is 7.69. The first-order valence-corrected chi connectivity index (χ1v) is 6.93. The molecule has 0 aliphatic carbocycles. The summed E-state index contributed by atoms with van der Waals surface area (Å²) in [6.45, 7) is 3.04. The van der Waals surface area contributed by atoms with Crippen LogP contribution >= 0.6 is 11.6 Å². The summed E-state index contributed by atoms with van der Waals surface area (Å²) >= 11 is 6.19. The Morgan fingerprint density at radius 1 is 1.30 bits per heavy atom. The van der Waals surface area contributed by atoms with Gasteiger partial charge in [-0.05, 0) is 17.7 Å². The lowest BCUT2D eigenvalue weighted by Crippen LogP contribution is -2.31. The van der Waals surface area contributed by atoms with Gasteiger partial charge < -0.3 is 24.3 Å². The zero-order valence-corrected chi connectivity index (χ0v) is 12.5. The molecule has 0 aromatic heterocycles. The van der Waals surface area contributed by atoms with Gasteiger partial charge in [-0.1, -0.05) is 11.6 Å². The molecule has 0 bridgehead atoms. The number of halogens is 1. The van der Waals surface area contributed by atoms with Crippen LogP contribution in [-0.2, 0) is 16.0 Å². The second-order valence-corrected chi connectivity index (χ2v) is 4.95. The molecule has 1 aliphatic heterocycles. The Morgan fingerprint density at radius 3 is 2.85 bits per heavy atom. The molecule has 6 heteroatoms. The average molecular weight is 302 g/mol. The number of nitrogens with one attached hydrogen (secondary N) is 1. The van der Waals surface area contributed by atoms with Crippen LogP contribution in [0.25, 0.3) is 0 Å². The predicted octanol–water partition coefficient (Wildman–Crippen LogP) is 1.86. The summed E-state index contributed by atoms with van der Waals surface area (Å²) in [5, 5.41) is 3.89. The minimum Gasteiger partial charge on any atom is -0.486 e. The summed E-state index contributed by atoms with van der Waals surface area (Å²) in [5.41, 5.74) is 1.05. The van der Waals surface area contributed by atoms with Crippen molar-refractivity contribution in [3.05, 3.63) is 22.7 Å². The van der Waals surface area contributed by atoms with Crippen LogP contribution in [0.3, 0.4) is 0 Å². The Hall–Kier alpha value is -1.01. The molecule has 112 valence electrons. The third-order valence-corrected chi connectivity index (χ3v) is 3.32. The minimum atomic E-state index is 0.0349. The average Bonchev–Trinajstić information content (AvgIpc) is 2.46. The molecule has 0 amide bonds. The number of ether oxygens (including phenoxy) is 4. The molecule has 0 radical (unpaired) electrons. The van der Waals surface area contributed by atoms with E-state index < -0.39 is 0 Å². The van der Waals surface area contributed by atoms with E-state index in [1.165, 1.54) is 0 Å². The predicted molar refractivity (Wildman–Crippen MR) is 76.8 cm³/mol. The molecule has 0 spiro atoms. The van der Waals surface area contributed by atoms with Gasteiger partial charge >= 0.3 is 0 Å². The first-order valence-electron chi connectivity index (χ1n) is 6.55. The SMILES string of the molecule is COCC(CNCc1cc(Cl)c2c(c1)OCCO2)OC. The van der Waals surface area contributed by atoms with Crippen molar-refractivity contribution in [1.29, 1.82) is 0 Å². The highest BCUT2D eigenvalue weighted by Crippen LogP contribution is 2.38. The van der Waals surface area contributed by atoms with E-state index in [0.717, 1.165) is 5.56 Å². The summed E-state index contributed by atoms with van der Waals surface area (Å²) in [6, 6.07) is 3.84. The molecule has 5 nitrogen and oxygen atoms in total. The first-order chi connectivity index (χ1) is 9.74. The summed E-state index contributed by atoms with van der Waals surface area (Å²) in [5.74, 6) is 1.34. The molecular weight excluding hydrogens is 282 g/mol. The van der Waals surface area contributed by atoms with Crippen molar-refractivity contribution in [3.8, 4) is 11.5 Å². The maximum atomic E-state index is 6.19. The molecule has 0 saturated heterocycles. The van der Waals surface area contributed by atoms with E-state index >= 15 is 0 Å². The third kappa shape index (κ3) is 3.99. The highest BCUT2D eigenvalue weighted by atomic mass is 35.5. The molecule has 1 aliphatic rings. The van der Waals surface area contributed by atoms with Gasteiger partial charge in [-0.15, -0.1) is 0 Å². The lowest BCUT2D eigenvalue weighted by molar-refractivity contribution is 0.0288. The third-order valence-electron chi connectivity index (χ3n) is 3.04. The van der Waals surface area contributed by atoms with Crippen molar-refractivity contribution in [2.45, 2.75) is 12.6 Å². The van der Waals surface area contributed by atoms with Crippen LogP contribution in [0.15, 0.2) is 12.1 Å². The fraction of sp³-hybridized carbons (Fsp3) is 0.571. The first kappa shape index (κ1) is 15.4. The highest BCUT2D eigenvalue weighted by molar-refractivity contribution is 6.32. The summed E-state index contributed by atoms with van der Waals surface area (Å²) < 4.78 is 21.4. The zero-order valence-electron chi connectivity index (χ0n) is 11.8. The standard InChI is InChI=1S/C14H20ClNO4/c1-17-9-11(18-2)8-16-7-10-5-12(15)14-13(6-10)19-3-4-20-14/h5-6,11,16H,3-4,7-9H2,1-2H3. The molecule has 1 heterocycles. The second-order valence-electron chi connectivity index (χ2n) is 4.55. The maximum Gasteiger partial charge on any atom is 0.179 e. The van der Waals surface area contributed by atoms with Crippen molar-refractivity contribution in [2.75, 3.05) is 40.6 Å². The largest absolute Gasteiger partial charge is 0.486 e. The number of hydrogen-bond donors (Lipinski definition) is 1. The van der Waals surface area contributed by atoms with Crippen LogP contribution in [0, 0.1) is 0 Å². The van der Waals surface area contributed by atoms with Crippen molar-refractivity contribution < 1.29 is 18.9 Å². The van der Waals surface area contributed by atoms with Gasteiger partial charge in [0.15, 0.2) is 11.5 Å². The highest BCUT2D eigenvalue weighted by Gasteiger charge is 2.16. The summed E-state index contributed by atoms with van der Waals surface area (Å²) in [6.07, 6.45) is 0.0349. The van der Waals surface area contributed by atoms with Gasteiger partial charge in [0, 0.05) is 27.3 Å². The van der Waals surface area contributed by atoms with E-state index in [4.69, 9.17) is 30.5 Å². The molecule has 0 saturated carbocycles. The van der Waals surface area contributed by atoms with E-state index in [1.54, 1.807) is 14.2 Å². The molecule has 1 N–H and O–H groups in total. The van der Waals surface area contributed by atoms with E-state index in [1.807, 2.05) is 12.1 Å². The van der Waals surface area contributed by atoms with Gasteiger partial charge in [0.2, 0.25) is 0 Å². The van der Waals surface area contributed by atoms with Crippen molar-refractivity contribution >= 4 is 11.6 Å². The Bertz CT molecular complexity index is 441. The van der Waals surface area contributed by atoms with Gasteiger partial charge in [0.05, 0.1) is 17.7 Å². The Labute approximate surface area is 124 Å². The number of methoxy groups -OCH3 is 2. The van der Waals surface area contributed by atoms with Gasteiger partial charge in [0.25, 0.3) is 0 Å². The number of benzene rings is 1. The van der Waals surface area contributed by atoms with E-state index in [9.17, 15) is 0 Å². The molecule has 1 unspecified atom stereocenters. The van der Waals surface area contributed by atoms with Crippen LogP contribution in [0.5, 0.6) is 11.5 Å². The summed E-state index contributed by atoms with van der Waals surface area (Å²) in [7, 11) is 3.33. The van der Waals surface area contributed by atoms with Crippen LogP contribution in [0.4, 0.5) is 0 Å². The van der Waals surface area contributed by atoms with Crippen molar-refractivity contribution in [3.63, 3.8) is 0 Å². The molecule has 1 atom stereocenters. The summed E-state index contributed by atoms with van der Waals surface area (Å²) in [4.78, 5) is 0. The fourth-order valence-corrected chi connectivity index (χ4v) is 2.33. The zero-order chi connectivity index (χ0) is 14.4. The molecule has 20 heavy (non-hydrogen) atoms. The minimum absolute atomic E-state index is 0.0349. The van der Waals surface area contributed by atoms with Crippen LogP contribution in [0.1, 0.15) is 5.56 Å². The fourth-order valence-electron chi connectivity index (χ4n) is 2.04. The van der Waals surface area contributed by atoms with Gasteiger partial charge in [-0.2, -0.15) is 0 Å². The van der Waals surface area contributed by atoms with Crippen LogP contribution < -0.4 is 14.8 Å². The van der Waals surface area contributed by atoms with Gasteiger partial charge in [-0.3, -0.25) is 0 Å². The smallest absolute Gasteiger partial charge is 0.179 e. The molecule has 1 aromatic carbocycles. The number of hydrogen-bond acceptors (Lipinski definition) is 5. The van der Waals surface area contributed by atoms with Crippen LogP contribution in [0.2, 0.25) is 5.02 Å². The molecule has 2 rings (SSSR count). The van der Waals surface area contributed by atoms with E-state index in [0.29, 0.717) is 49.4 Å². The number of rotatable bonds is 7. The Morgan fingerprint density at radius 2 is 2.10 bits per heavy atom. The Balaban J connectivity index is 1.91. The van der Waals surface area contributed by atoms with Crippen molar-refractivity contribution in [2.24, 2.45) is 0 Å². The molecule has 1 aromatic rings. The Kier molecular flexibility index (Phi) is 5.91. The monoisotopic (exact) mass is 301 g/mol. The molecular formula is C14H20ClNO4. The topological polar surface area (TPSA) is 49.0 Å².